The van der Waals surface area contributed by atoms with Gasteiger partial charge in [-0.25, -0.2) is 4.79 Å². The summed E-state index contributed by atoms with van der Waals surface area (Å²) in [6.45, 7) is 5.54. The number of unbranched alkanes of at least 4 members (excludes halogenated alkanes) is 1. The van der Waals surface area contributed by atoms with Gasteiger partial charge in [-0.15, -0.1) is 0 Å². The van der Waals surface area contributed by atoms with E-state index in [1.54, 1.807) is 6.07 Å². The van der Waals surface area contributed by atoms with Gasteiger partial charge in [0.2, 0.25) is 0 Å². The lowest BCUT2D eigenvalue weighted by molar-refractivity contribution is -0.131. The lowest BCUT2D eigenvalue weighted by atomic mass is 10.2. The molecule has 2 aromatic heterocycles. The van der Waals surface area contributed by atoms with Gasteiger partial charge in [0, 0.05) is 26.6 Å². The van der Waals surface area contributed by atoms with Gasteiger partial charge in [0.1, 0.15) is 11.3 Å². The number of nitrogen functional groups attached to an aromatic ring is 1. The number of ether oxygens (including phenoxy) is 2. The molecule has 0 radical (unpaired) electrons. The number of benzene rings is 1. The number of imidazole rings is 1. The molecular formula is C21H28N6O4. The van der Waals surface area contributed by atoms with Crippen LogP contribution in [0, 0.1) is 0 Å². The Hall–Kier alpha value is -3.40. The Morgan fingerprint density at radius 1 is 1.32 bits per heavy atom. The van der Waals surface area contributed by atoms with Crippen LogP contribution in [0.2, 0.25) is 0 Å². The highest BCUT2D eigenvalue weighted by atomic mass is 16.5. The van der Waals surface area contributed by atoms with E-state index in [1.807, 2.05) is 25.2 Å². The highest BCUT2D eigenvalue weighted by Gasteiger charge is 2.15. The van der Waals surface area contributed by atoms with E-state index in [0.717, 1.165) is 18.4 Å². The van der Waals surface area contributed by atoms with Crippen LogP contribution in [0.1, 0.15) is 32.3 Å². The van der Waals surface area contributed by atoms with E-state index >= 15 is 0 Å². The Labute approximate surface area is 180 Å². The first-order valence-electron chi connectivity index (χ1n) is 10.2. The minimum absolute atomic E-state index is 0.168. The maximum atomic E-state index is 12.5. The summed E-state index contributed by atoms with van der Waals surface area (Å²) in [5.74, 6) is 0.334. The molecule has 0 aliphatic carbocycles. The Morgan fingerprint density at radius 3 is 2.87 bits per heavy atom. The molecule has 2 heterocycles. The minimum atomic E-state index is -0.358. The van der Waals surface area contributed by atoms with Crippen molar-refractivity contribution in [2.24, 2.45) is 0 Å². The van der Waals surface area contributed by atoms with E-state index < -0.39 is 0 Å². The number of aromatic nitrogens is 4. The van der Waals surface area contributed by atoms with E-state index in [-0.39, 0.29) is 23.5 Å². The van der Waals surface area contributed by atoms with Crippen LogP contribution in [0.25, 0.3) is 11.2 Å². The molecule has 0 unspecified atom stereocenters. The lowest BCUT2D eigenvalue weighted by Crippen LogP contribution is -2.27. The largest absolute Gasteiger partial charge is 0.463 e. The smallest absolute Gasteiger partial charge is 0.327 e. The normalized spacial score (nSPS) is 11.2. The summed E-state index contributed by atoms with van der Waals surface area (Å²) in [7, 11) is 1.95. The zero-order valence-corrected chi connectivity index (χ0v) is 18.1. The second-order valence-corrected chi connectivity index (χ2v) is 7.35. The van der Waals surface area contributed by atoms with Crippen molar-refractivity contribution in [2.45, 2.75) is 39.8 Å². The van der Waals surface area contributed by atoms with Gasteiger partial charge in [-0.2, -0.15) is 9.97 Å². The molecule has 0 aliphatic heterocycles. The summed E-state index contributed by atoms with van der Waals surface area (Å²) < 4.78 is 12.2. The Kier molecular flexibility index (Phi) is 7.24. The number of H-pyrrole nitrogens is 1. The zero-order valence-electron chi connectivity index (χ0n) is 18.1. The number of rotatable bonds is 10. The molecule has 166 valence electrons. The van der Waals surface area contributed by atoms with Crippen molar-refractivity contribution >= 4 is 23.0 Å². The van der Waals surface area contributed by atoms with Gasteiger partial charge in [-0.1, -0.05) is 25.5 Å². The molecule has 0 amide bonds. The fraction of sp³-hybridized carbons (Fsp3) is 0.429. The molecule has 0 bridgehead atoms. The number of esters is 1. The average molecular weight is 428 g/mol. The van der Waals surface area contributed by atoms with Crippen LogP contribution in [0.5, 0.6) is 11.8 Å². The number of hydrogen-bond donors (Lipinski definition) is 2. The number of likely N-dealkylation sites (N-methyl/N-ethyl adjacent to an activating group) is 1. The Balaban J connectivity index is 1.70. The molecule has 31 heavy (non-hydrogen) atoms. The molecule has 0 aliphatic rings. The topological polar surface area (TPSA) is 128 Å². The molecule has 3 N–H and O–H groups in total. The SMILES string of the molecule is CCCCOc1nc(N)c2[nH]c(=O)n(CCN(C)Cc3cccc(OC(C)=O)c3)c2n1. The highest BCUT2D eigenvalue weighted by molar-refractivity contribution is 5.81. The van der Waals surface area contributed by atoms with Gasteiger partial charge in [0.05, 0.1) is 6.61 Å². The maximum Gasteiger partial charge on any atom is 0.327 e. The molecule has 3 aromatic rings. The molecule has 10 heteroatoms. The second-order valence-electron chi connectivity index (χ2n) is 7.35. The van der Waals surface area contributed by atoms with E-state index in [1.165, 1.54) is 11.5 Å². The van der Waals surface area contributed by atoms with Crippen molar-refractivity contribution in [3.05, 3.63) is 40.3 Å². The van der Waals surface area contributed by atoms with E-state index in [4.69, 9.17) is 15.2 Å². The van der Waals surface area contributed by atoms with Crippen molar-refractivity contribution in [1.82, 2.24) is 24.4 Å². The number of carbonyl (C=O) groups is 1. The average Bonchev–Trinajstić information content (AvgIpc) is 3.02. The minimum Gasteiger partial charge on any atom is -0.463 e. The number of anilines is 1. The van der Waals surface area contributed by atoms with Crippen LogP contribution < -0.4 is 20.9 Å². The Morgan fingerprint density at radius 2 is 2.13 bits per heavy atom. The molecule has 0 saturated heterocycles. The predicted octanol–water partition coefficient (Wildman–Crippen LogP) is 1.94. The monoisotopic (exact) mass is 428 g/mol. The molecule has 0 saturated carbocycles. The summed E-state index contributed by atoms with van der Waals surface area (Å²) >= 11 is 0. The van der Waals surface area contributed by atoms with Crippen molar-refractivity contribution in [2.75, 3.05) is 25.9 Å². The van der Waals surface area contributed by atoms with Crippen LogP contribution in [0.3, 0.4) is 0 Å². The molecule has 3 rings (SSSR count). The highest BCUT2D eigenvalue weighted by Crippen LogP contribution is 2.18. The molecule has 10 nitrogen and oxygen atoms in total. The van der Waals surface area contributed by atoms with Crippen molar-refractivity contribution in [3.63, 3.8) is 0 Å². The van der Waals surface area contributed by atoms with Gasteiger partial charge >= 0.3 is 17.7 Å². The van der Waals surface area contributed by atoms with Crippen LogP contribution in [-0.2, 0) is 17.9 Å². The van der Waals surface area contributed by atoms with Crippen LogP contribution in [-0.4, -0.2) is 50.6 Å². The number of aromatic amines is 1. The zero-order chi connectivity index (χ0) is 22.4. The van der Waals surface area contributed by atoms with Gasteiger partial charge < -0.3 is 25.1 Å². The third-order valence-electron chi connectivity index (χ3n) is 4.68. The van der Waals surface area contributed by atoms with Crippen molar-refractivity contribution in [1.29, 1.82) is 0 Å². The van der Waals surface area contributed by atoms with Crippen molar-refractivity contribution < 1.29 is 14.3 Å². The van der Waals surface area contributed by atoms with Gasteiger partial charge in [0.15, 0.2) is 11.5 Å². The fourth-order valence-corrected chi connectivity index (χ4v) is 3.15. The molecule has 0 fully saturated rings. The summed E-state index contributed by atoms with van der Waals surface area (Å²) in [6, 6.07) is 7.52. The number of fused-ring (bicyclic) bond motifs is 1. The van der Waals surface area contributed by atoms with Gasteiger partial charge in [-0.3, -0.25) is 9.36 Å². The lowest BCUT2D eigenvalue weighted by Gasteiger charge is -2.17. The molecule has 1 aromatic carbocycles. The number of nitrogens with zero attached hydrogens (tertiary/aromatic N) is 4. The second kappa shape index (κ2) is 10.1. The molecular weight excluding hydrogens is 400 g/mol. The number of carbonyl (C=O) groups excluding carboxylic acids is 1. The summed E-state index contributed by atoms with van der Waals surface area (Å²) in [5.41, 5.74) is 7.51. The first kappa shape index (κ1) is 22.3. The molecule has 0 spiro atoms. The number of nitrogens with two attached hydrogens (primary N) is 1. The number of nitrogens with one attached hydrogen (secondary N) is 1. The van der Waals surface area contributed by atoms with Crippen LogP contribution in [0.4, 0.5) is 5.82 Å². The first-order chi connectivity index (χ1) is 14.9. The van der Waals surface area contributed by atoms with Gasteiger partial charge in [0.25, 0.3) is 0 Å². The predicted molar refractivity (Wildman–Crippen MR) is 117 cm³/mol. The fourth-order valence-electron chi connectivity index (χ4n) is 3.15. The maximum absolute atomic E-state index is 12.5. The van der Waals surface area contributed by atoms with Crippen LogP contribution in [0.15, 0.2) is 29.1 Å². The van der Waals surface area contributed by atoms with E-state index in [0.29, 0.717) is 43.2 Å². The van der Waals surface area contributed by atoms with Crippen molar-refractivity contribution in [3.8, 4) is 11.8 Å². The van der Waals surface area contributed by atoms with E-state index in [9.17, 15) is 9.59 Å². The van der Waals surface area contributed by atoms with Crippen LogP contribution >= 0.6 is 0 Å². The molecule has 0 atom stereocenters. The summed E-state index contributed by atoms with van der Waals surface area (Å²) in [6.07, 6.45) is 1.87. The third-order valence-corrected chi connectivity index (χ3v) is 4.68. The number of hydrogen-bond acceptors (Lipinski definition) is 8. The first-order valence-corrected chi connectivity index (χ1v) is 10.2. The quantitative estimate of drug-likeness (QED) is 0.285. The van der Waals surface area contributed by atoms with Gasteiger partial charge in [-0.05, 0) is 31.2 Å². The standard InChI is InChI=1S/C21H28N6O4/c1-4-5-11-30-20-24-18(22)17-19(25-20)27(21(29)23-17)10-9-26(3)13-15-7-6-8-16(12-15)31-14(2)28/h6-8,12H,4-5,9-11,13H2,1-3H3,(H,23,29)(H2,22,24,25). The van der Waals surface area contributed by atoms with E-state index in [2.05, 4.69) is 26.8 Å². The summed E-state index contributed by atoms with van der Waals surface area (Å²) in [5, 5.41) is 0. The summed E-state index contributed by atoms with van der Waals surface area (Å²) in [4.78, 5) is 36.9. The Bertz CT molecular complexity index is 1110. The third kappa shape index (κ3) is 5.82.